The second kappa shape index (κ2) is 8.94. The Labute approximate surface area is 153 Å². The van der Waals surface area contributed by atoms with Crippen LogP contribution in [0.5, 0.6) is 0 Å². The zero-order valence-electron chi connectivity index (χ0n) is 12.6. The molecular formula is C15H22Cl3N3O2. The van der Waals surface area contributed by atoms with Crippen LogP contribution in [0.4, 0.5) is 5.69 Å². The Morgan fingerprint density at radius 3 is 2.83 bits per heavy atom. The Morgan fingerprint density at radius 1 is 1.39 bits per heavy atom. The zero-order valence-corrected chi connectivity index (χ0v) is 15.0. The van der Waals surface area contributed by atoms with E-state index in [0.717, 1.165) is 30.2 Å². The number of carbonyl (C=O) groups is 1. The van der Waals surface area contributed by atoms with Crippen molar-refractivity contribution in [1.82, 2.24) is 10.6 Å². The lowest BCUT2D eigenvalue weighted by atomic mass is 10.1. The molecule has 130 valence electrons. The standard InChI is InChI=1S/C15H20ClN3O2.2ClH/c16-10-2-1-3-12(6-10)19-5-4-11(9-19)18-15(21)14-7-13(20)8-17-14;;/h1-3,6,11,13-14,17,20H,4-5,7-9H2,(H,18,21);2*1H. The fraction of sp³-hybridized carbons (Fsp3) is 0.533. The summed E-state index contributed by atoms with van der Waals surface area (Å²) in [6, 6.07) is 7.66. The minimum Gasteiger partial charge on any atom is -0.392 e. The molecule has 5 nitrogen and oxygen atoms in total. The van der Waals surface area contributed by atoms with Gasteiger partial charge in [0.15, 0.2) is 0 Å². The van der Waals surface area contributed by atoms with E-state index in [4.69, 9.17) is 11.6 Å². The number of rotatable bonds is 3. The molecule has 2 heterocycles. The van der Waals surface area contributed by atoms with Crippen LogP contribution in [-0.2, 0) is 4.79 Å². The number of nitrogens with one attached hydrogen (secondary N) is 2. The predicted octanol–water partition coefficient (Wildman–Crippen LogP) is 1.60. The highest BCUT2D eigenvalue weighted by atomic mass is 35.5. The first-order valence-electron chi connectivity index (χ1n) is 7.34. The van der Waals surface area contributed by atoms with Crippen molar-refractivity contribution in [3.63, 3.8) is 0 Å². The summed E-state index contributed by atoms with van der Waals surface area (Å²) in [6.07, 6.45) is 1.01. The van der Waals surface area contributed by atoms with Crippen molar-refractivity contribution >= 4 is 48.0 Å². The topological polar surface area (TPSA) is 64.6 Å². The predicted molar refractivity (Wildman–Crippen MR) is 97.1 cm³/mol. The van der Waals surface area contributed by atoms with Gasteiger partial charge in [-0.05, 0) is 31.0 Å². The molecule has 3 N–H and O–H groups in total. The average molecular weight is 383 g/mol. The lowest BCUT2D eigenvalue weighted by molar-refractivity contribution is -0.123. The molecule has 1 aromatic carbocycles. The first-order valence-corrected chi connectivity index (χ1v) is 7.72. The van der Waals surface area contributed by atoms with Gasteiger partial charge in [-0.15, -0.1) is 24.8 Å². The molecule has 2 fully saturated rings. The molecular weight excluding hydrogens is 361 g/mol. The van der Waals surface area contributed by atoms with Gasteiger partial charge in [-0.2, -0.15) is 0 Å². The normalized spacial score (nSPS) is 26.3. The molecule has 0 saturated carbocycles. The lowest BCUT2D eigenvalue weighted by Gasteiger charge is -2.20. The molecule has 1 amide bonds. The average Bonchev–Trinajstić information content (AvgIpc) is 3.08. The summed E-state index contributed by atoms with van der Waals surface area (Å²) >= 11 is 6.02. The molecule has 0 aromatic heterocycles. The zero-order chi connectivity index (χ0) is 14.8. The van der Waals surface area contributed by atoms with E-state index in [0.29, 0.717) is 13.0 Å². The van der Waals surface area contributed by atoms with Crippen LogP contribution < -0.4 is 15.5 Å². The van der Waals surface area contributed by atoms with E-state index in [2.05, 4.69) is 15.5 Å². The van der Waals surface area contributed by atoms with Crippen molar-refractivity contribution in [2.75, 3.05) is 24.5 Å². The number of hydrogen-bond acceptors (Lipinski definition) is 4. The van der Waals surface area contributed by atoms with E-state index in [-0.39, 0.29) is 42.8 Å². The molecule has 2 saturated heterocycles. The van der Waals surface area contributed by atoms with Crippen molar-refractivity contribution in [3.8, 4) is 0 Å². The molecule has 0 bridgehead atoms. The van der Waals surface area contributed by atoms with E-state index >= 15 is 0 Å². The summed E-state index contributed by atoms with van der Waals surface area (Å²) in [4.78, 5) is 14.3. The highest BCUT2D eigenvalue weighted by Crippen LogP contribution is 2.23. The minimum atomic E-state index is -0.410. The molecule has 3 rings (SSSR count). The summed E-state index contributed by atoms with van der Waals surface area (Å²) in [7, 11) is 0. The maximum absolute atomic E-state index is 12.1. The Kier molecular flexibility index (Phi) is 7.90. The number of halogens is 3. The molecule has 1 aromatic rings. The summed E-state index contributed by atoms with van der Waals surface area (Å²) in [5.74, 6) is -0.00973. The smallest absolute Gasteiger partial charge is 0.237 e. The highest BCUT2D eigenvalue weighted by Gasteiger charge is 2.31. The quantitative estimate of drug-likeness (QED) is 0.743. The lowest BCUT2D eigenvalue weighted by Crippen LogP contribution is -2.46. The molecule has 8 heteroatoms. The minimum absolute atomic E-state index is 0. The number of nitrogens with zero attached hydrogens (tertiary/aromatic N) is 1. The molecule has 0 aliphatic carbocycles. The van der Waals surface area contributed by atoms with Gasteiger partial charge in [0.25, 0.3) is 0 Å². The van der Waals surface area contributed by atoms with Crippen molar-refractivity contribution < 1.29 is 9.90 Å². The van der Waals surface area contributed by atoms with Crippen LogP contribution in [0.1, 0.15) is 12.8 Å². The van der Waals surface area contributed by atoms with Gasteiger partial charge >= 0.3 is 0 Å². The Balaban J connectivity index is 0.00000132. The first-order chi connectivity index (χ1) is 10.1. The Hall–Kier alpha value is -0.720. The monoisotopic (exact) mass is 381 g/mol. The second-order valence-corrected chi connectivity index (χ2v) is 6.21. The van der Waals surface area contributed by atoms with Crippen molar-refractivity contribution in [1.29, 1.82) is 0 Å². The molecule has 3 atom stereocenters. The largest absolute Gasteiger partial charge is 0.392 e. The number of benzene rings is 1. The second-order valence-electron chi connectivity index (χ2n) is 5.77. The Morgan fingerprint density at radius 2 is 2.17 bits per heavy atom. The van der Waals surface area contributed by atoms with Gasteiger partial charge in [-0.3, -0.25) is 4.79 Å². The van der Waals surface area contributed by atoms with Gasteiger partial charge in [0.1, 0.15) is 0 Å². The summed E-state index contributed by atoms with van der Waals surface area (Å²) in [6.45, 7) is 2.20. The van der Waals surface area contributed by atoms with E-state index in [1.807, 2.05) is 24.3 Å². The third-order valence-electron chi connectivity index (χ3n) is 4.13. The fourth-order valence-corrected chi connectivity index (χ4v) is 3.19. The van der Waals surface area contributed by atoms with E-state index in [1.165, 1.54) is 0 Å². The van der Waals surface area contributed by atoms with Crippen molar-refractivity contribution in [2.45, 2.75) is 31.0 Å². The van der Waals surface area contributed by atoms with Crippen molar-refractivity contribution in [3.05, 3.63) is 29.3 Å². The molecule has 3 unspecified atom stereocenters. The Bertz CT molecular complexity index is 532. The van der Waals surface area contributed by atoms with Gasteiger partial charge in [0.05, 0.1) is 12.1 Å². The van der Waals surface area contributed by atoms with Gasteiger partial charge in [0.2, 0.25) is 5.91 Å². The molecule has 0 spiro atoms. The van der Waals surface area contributed by atoms with Gasteiger partial charge in [-0.25, -0.2) is 0 Å². The molecule has 23 heavy (non-hydrogen) atoms. The van der Waals surface area contributed by atoms with Crippen LogP contribution >= 0.6 is 36.4 Å². The SMILES string of the molecule is Cl.Cl.O=C(NC1CCN(c2cccc(Cl)c2)C1)C1CC(O)CN1. The number of anilines is 1. The fourth-order valence-electron chi connectivity index (χ4n) is 3.00. The van der Waals surface area contributed by atoms with Gasteiger partial charge < -0.3 is 20.6 Å². The first kappa shape index (κ1) is 20.3. The summed E-state index contributed by atoms with van der Waals surface area (Å²) in [5.41, 5.74) is 1.09. The molecule has 2 aliphatic heterocycles. The van der Waals surface area contributed by atoms with E-state index in [1.54, 1.807) is 0 Å². The number of carbonyl (C=O) groups excluding carboxylic acids is 1. The molecule has 2 aliphatic rings. The summed E-state index contributed by atoms with van der Waals surface area (Å²) in [5, 5.41) is 16.3. The van der Waals surface area contributed by atoms with Crippen LogP contribution in [0.25, 0.3) is 0 Å². The van der Waals surface area contributed by atoms with Crippen LogP contribution in [0.2, 0.25) is 5.02 Å². The van der Waals surface area contributed by atoms with Crippen LogP contribution in [0.3, 0.4) is 0 Å². The number of hydrogen-bond donors (Lipinski definition) is 3. The van der Waals surface area contributed by atoms with Gasteiger partial charge in [0, 0.05) is 36.4 Å². The van der Waals surface area contributed by atoms with E-state index in [9.17, 15) is 9.90 Å². The third-order valence-corrected chi connectivity index (χ3v) is 4.37. The van der Waals surface area contributed by atoms with Gasteiger partial charge in [-0.1, -0.05) is 17.7 Å². The summed E-state index contributed by atoms with van der Waals surface area (Å²) < 4.78 is 0. The van der Waals surface area contributed by atoms with Crippen LogP contribution in [0, 0.1) is 0 Å². The van der Waals surface area contributed by atoms with Crippen LogP contribution in [0.15, 0.2) is 24.3 Å². The maximum atomic E-state index is 12.1. The van der Waals surface area contributed by atoms with Crippen molar-refractivity contribution in [2.24, 2.45) is 0 Å². The molecule has 0 radical (unpaired) electrons. The highest BCUT2D eigenvalue weighted by molar-refractivity contribution is 6.30. The maximum Gasteiger partial charge on any atom is 0.237 e. The number of β-amino-alcohol motifs (C(OH)–C–C–N with tert-alkyl or cyclic N) is 1. The number of aliphatic hydroxyl groups excluding tert-OH is 1. The third kappa shape index (κ3) is 5.13. The van der Waals surface area contributed by atoms with Crippen LogP contribution in [-0.4, -0.2) is 48.8 Å². The number of amides is 1. The van der Waals surface area contributed by atoms with E-state index < -0.39 is 6.10 Å². The number of aliphatic hydroxyl groups is 1.